The SMILES string of the molecule is Cc1cc(Br)ncc1NC(=O)c1cscn1. The van der Waals surface area contributed by atoms with Crippen molar-refractivity contribution in [2.24, 2.45) is 0 Å². The average Bonchev–Trinajstić information content (AvgIpc) is 2.75. The van der Waals surface area contributed by atoms with Crippen LogP contribution in [0.15, 0.2) is 27.8 Å². The molecule has 0 fully saturated rings. The van der Waals surface area contributed by atoms with Crippen molar-refractivity contribution in [3.05, 3.63) is 39.0 Å². The molecule has 16 heavy (non-hydrogen) atoms. The lowest BCUT2D eigenvalue weighted by atomic mass is 10.2. The number of pyridine rings is 1. The van der Waals surface area contributed by atoms with Gasteiger partial charge in [-0.15, -0.1) is 11.3 Å². The van der Waals surface area contributed by atoms with Crippen LogP contribution in [-0.2, 0) is 0 Å². The van der Waals surface area contributed by atoms with Crippen molar-refractivity contribution in [3.63, 3.8) is 0 Å². The first kappa shape index (κ1) is 11.2. The van der Waals surface area contributed by atoms with E-state index in [0.29, 0.717) is 11.4 Å². The van der Waals surface area contributed by atoms with Crippen LogP contribution in [-0.4, -0.2) is 15.9 Å². The topological polar surface area (TPSA) is 54.9 Å². The van der Waals surface area contributed by atoms with Crippen LogP contribution in [0.5, 0.6) is 0 Å². The van der Waals surface area contributed by atoms with Gasteiger partial charge in [-0.1, -0.05) is 0 Å². The first-order chi connectivity index (χ1) is 7.66. The van der Waals surface area contributed by atoms with Crippen molar-refractivity contribution in [1.29, 1.82) is 0 Å². The summed E-state index contributed by atoms with van der Waals surface area (Å²) in [7, 11) is 0. The third kappa shape index (κ3) is 2.45. The predicted molar refractivity (Wildman–Crippen MR) is 66.7 cm³/mol. The zero-order valence-electron chi connectivity index (χ0n) is 8.40. The minimum absolute atomic E-state index is 0.214. The number of halogens is 1. The van der Waals surface area contributed by atoms with Crippen molar-refractivity contribution < 1.29 is 4.79 Å². The molecule has 2 heterocycles. The Morgan fingerprint density at radius 3 is 2.94 bits per heavy atom. The molecule has 4 nitrogen and oxygen atoms in total. The van der Waals surface area contributed by atoms with Crippen molar-refractivity contribution >= 4 is 38.9 Å². The number of nitrogens with zero attached hydrogens (tertiary/aromatic N) is 2. The van der Waals surface area contributed by atoms with Crippen LogP contribution in [0.25, 0.3) is 0 Å². The van der Waals surface area contributed by atoms with E-state index in [1.54, 1.807) is 17.1 Å². The van der Waals surface area contributed by atoms with Gasteiger partial charge in [-0.3, -0.25) is 4.79 Å². The van der Waals surface area contributed by atoms with Crippen LogP contribution in [0.1, 0.15) is 16.1 Å². The van der Waals surface area contributed by atoms with Gasteiger partial charge < -0.3 is 5.32 Å². The molecule has 0 unspecified atom stereocenters. The molecular formula is C10H8BrN3OS. The summed E-state index contributed by atoms with van der Waals surface area (Å²) in [5.41, 5.74) is 3.70. The number of amides is 1. The molecule has 0 aromatic carbocycles. The molecule has 0 atom stereocenters. The van der Waals surface area contributed by atoms with Crippen LogP contribution in [0, 0.1) is 6.92 Å². The highest BCUT2D eigenvalue weighted by atomic mass is 79.9. The third-order valence-electron chi connectivity index (χ3n) is 1.99. The zero-order chi connectivity index (χ0) is 11.5. The summed E-state index contributed by atoms with van der Waals surface area (Å²) in [6.45, 7) is 1.91. The van der Waals surface area contributed by atoms with E-state index in [4.69, 9.17) is 0 Å². The minimum atomic E-state index is -0.214. The molecule has 0 saturated carbocycles. The highest BCUT2D eigenvalue weighted by molar-refractivity contribution is 9.10. The summed E-state index contributed by atoms with van der Waals surface area (Å²) in [4.78, 5) is 19.7. The number of nitrogens with one attached hydrogen (secondary N) is 1. The fourth-order valence-corrected chi connectivity index (χ4v) is 2.14. The third-order valence-corrected chi connectivity index (χ3v) is 3.01. The maximum atomic E-state index is 11.7. The normalized spacial score (nSPS) is 10.1. The summed E-state index contributed by atoms with van der Waals surface area (Å²) < 4.78 is 0.747. The van der Waals surface area contributed by atoms with Crippen LogP contribution < -0.4 is 5.32 Å². The second-order valence-electron chi connectivity index (χ2n) is 3.15. The van der Waals surface area contributed by atoms with E-state index in [9.17, 15) is 4.79 Å². The van der Waals surface area contributed by atoms with E-state index in [2.05, 4.69) is 31.2 Å². The molecule has 0 aliphatic rings. The Hall–Kier alpha value is -1.27. The van der Waals surface area contributed by atoms with Crippen molar-refractivity contribution in [1.82, 2.24) is 9.97 Å². The summed E-state index contributed by atoms with van der Waals surface area (Å²) >= 11 is 4.66. The highest BCUT2D eigenvalue weighted by Gasteiger charge is 2.09. The largest absolute Gasteiger partial charge is 0.319 e. The Balaban J connectivity index is 2.18. The molecule has 1 N–H and O–H groups in total. The van der Waals surface area contributed by atoms with Gasteiger partial charge in [0, 0.05) is 5.38 Å². The molecule has 6 heteroatoms. The second-order valence-corrected chi connectivity index (χ2v) is 4.68. The number of thiazole rings is 1. The lowest BCUT2D eigenvalue weighted by Crippen LogP contribution is -2.13. The first-order valence-corrected chi connectivity index (χ1v) is 6.22. The molecule has 0 saturated heterocycles. The Kier molecular flexibility index (Phi) is 3.31. The van der Waals surface area contributed by atoms with E-state index in [0.717, 1.165) is 10.2 Å². The number of hydrogen-bond donors (Lipinski definition) is 1. The Morgan fingerprint density at radius 2 is 2.31 bits per heavy atom. The zero-order valence-corrected chi connectivity index (χ0v) is 10.8. The highest BCUT2D eigenvalue weighted by Crippen LogP contribution is 2.17. The molecule has 0 radical (unpaired) electrons. The minimum Gasteiger partial charge on any atom is -0.319 e. The quantitative estimate of drug-likeness (QED) is 0.867. The smallest absolute Gasteiger partial charge is 0.275 e. The van der Waals surface area contributed by atoms with E-state index < -0.39 is 0 Å². The van der Waals surface area contributed by atoms with Gasteiger partial charge in [0.05, 0.1) is 17.4 Å². The molecule has 0 aliphatic heterocycles. The number of aromatic nitrogens is 2. The van der Waals surface area contributed by atoms with Gasteiger partial charge in [0.25, 0.3) is 5.91 Å². The molecule has 0 aliphatic carbocycles. The van der Waals surface area contributed by atoms with Crippen LogP contribution in [0.3, 0.4) is 0 Å². The number of rotatable bonds is 2. The van der Waals surface area contributed by atoms with Gasteiger partial charge in [-0.25, -0.2) is 9.97 Å². The van der Waals surface area contributed by atoms with Gasteiger partial charge in [0.2, 0.25) is 0 Å². The van der Waals surface area contributed by atoms with E-state index in [1.807, 2.05) is 13.0 Å². The molecule has 2 rings (SSSR count). The standard InChI is InChI=1S/C10H8BrN3OS/c1-6-2-9(11)12-3-7(6)14-10(15)8-4-16-5-13-8/h2-5H,1H3,(H,14,15). The Bertz CT molecular complexity index is 513. The number of aryl methyl sites for hydroxylation is 1. The lowest BCUT2D eigenvalue weighted by molar-refractivity contribution is 0.102. The van der Waals surface area contributed by atoms with Gasteiger partial charge in [0.1, 0.15) is 10.3 Å². The van der Waals surface area contributed by atoms with Gasteiger partial charge in [0.15, 0.2) is 0 Å². The van der Waals surface area contributed by atoms with Crippen LogP contribution >= 0.6 is 27.3 Å². The molecule has 0 spiro atoms. The summed E-state index contributed by atoms with van der Waals surface area (Å²) in [5, 5.41) is 4.47. The molecular weight excluding hydrogens is 290 g/mol. The first-order valence-electron chi connectivity index (χ1n) is 4.48. The summed E-state index contributed by atoms with van der Waals surface area (Å²) in [6, 6.07) is 1.84. The number of carbonyl (C=O) groups excluding carboxylic acids is 1. The predicted octanol–water partition coefficient (Wildman–Crippen LogP) is 2.86. The molecule has 2 aromatic heterocycles. The maximum absolute atomic E-state index is 11.7. The molecule has 82 valence electrons. The van der Waals surface area contributed by atoms with Gasteiger partial charge in [-0.05, 0) is 34.5 Å². The Labute approximate surface area is 105 Å². The number of anilines is 1. The number of hydrogen-bond acceptors (Lipinski definition) is 4. The fraction of sp³-hybridized carbons (Fsp3) is 0.100. The van der Waals surface area contributed by atoms with Crippen molar-refractivity contribution in [2.75, 3.05) is 5.32 Å². The lowest BCUT2D eigenvalue weighted by Gasteiger charge is -2.06. The Morgan fingerprint density at radius 1 is 1.50 bits per heavy atom. The van der Waals surface area contributed by atoms with Crippen LogP contribution in [0.4, 0.5) is 5.69 Å². The van der Waals surface area contributed by atoms with Crippen LogP contribution in [0.2, 0.25) is 0 Å². The van der Waals surface area contributed by atoms with E-state index >= 15 is 0 Å². The van der Waals surface area contributed by atoms with Gasteiger partial charge in [-0.2, -0.15) is 0 Å². The summed E-state index contributed by atoms with van der Waals surface area (Å²) in [5.74, 6) is -0.214. The van der Waals surface area contributed by atoms with Crippen molar-refractivity contribution in [2.45, 2.75) is 6.92 Å². The average molecular weight is 298 g/mol. The fourth-order valence-electron chi connectivity index (χ4n) is 1.16. The number of carbonyl (C=O) groups is 1. The molecule has 1 amide bonds. The molecule has 2 aromatic rings. The van der Waals surface area contributed by atoms with E-state index in [1.165, 1.54) is 11.3 Å². The van der Waals surface area contributed by atoms with E-state index in [-0.39, 0.29) is 5.91 Å². The molecule has 0 bridgehead atoms. The monoisotopic (exact) mass is 297 g/mol. The van der Waals surface area contributed by atoms with Crippen molar-refractivity contribution in [3.8, 4) is 0 Å². The maximum Gasteiger partial charge on any atom is 0.275 e. The summed E-state index contributed by atoms with van der Waals surface area (Å²) in [6.07, 6.45) is 1.61. The second kappa shape index (κ2) is 4.71. The van der Waals surface area contributed by atoms with Gasteiger partial charge >= 0.3 is 0 Å².